The summed E-state index contributed by atoms with van der Waals surface area (Å²) >= 11 is 7.76. The molecule has 0 saturated carbocycles. The number of fused-ring (bicyclic) bond motifs is 1. The van der Waals surface area contributed by atoms with E-state index in [-0.39, 0.29) is 24.5 Å². The molecule has 2 atom stereocenters. The Kier molecular flexibility index (Phi) is 6.52. The maximum absolute atomic E-state index is 13.9. The molecule has 0 aliphatic carbocycles. The predicted molar refractivity (Wildman–Crippen MR) is 130 cm³/mol. The van der Waals surface area contributed by atoms with Crippen LogP contribution in [0.5, 0.6) is 0 Å². The molecule has 2 aliphatic heterocycles. The minimum Gasteiger partial charge on any atom is -0.327 e. The van der Waals surface area contributed by atoms with Crippen LogP contribution in [0.15, 0.2) is 63.1 Å². The molecule has 11 nitrogen and oxygen atoms in total. The van der Waals surface area contributed by atoms with E-state index in [1.54, 1.807) is 16.5 Å². The van der Waals surface area contributed by atoms with Gasteiger partial charge < -0.3 is 4.90 Å². The summed E-state index contributed by atoms with van der Waals surface area (Å²) in [6.07, 6.45) is 4.16. The Balaban J connectivity index is 1.78. The topological polar surface area (TPSA) is 144 Å². The Bertz CT molecular complexity index is 1510. The summed E-state index contributed by atoms with van der Waals surface area (Å²) in [5.74, 6) is -0.121. The summed E-state index contributed by atoms with van der Waals surface area (Å²) in [6, 6.07) is 3.01. The van der Waals surface area contributed by atoms with Gasteiger partial charge in [-0.25, -0.2) is 14.1 Å². The fraction of sp³-hybridized carbons (Fsp3) is 0.286. The third-order valence-corrected chi connectivity index (χ3v) is 7.14. The Labute approximate surface area is 215 Å². The van der Waals surface area contributed by atoms with E-state index in [2.05, 4.69) is 30.1 Å². The van der Waals surface area contributed by atoms with E-state index in [4.69, 9.17) is 22.1 Å². The van der Waals surface area contributed by atoms with Crippen LogP contribution in [0.2, 0.25) is 5.02 Å². The van der Waals surface area contributed by atoms with Gasteiger partial charge >= 0.3 is 6.55 Å². The number of aromatic nitrogens is 3. The van der Waals surface area contributed by atoms with Gasteiger partial charge in [0.2, 0.25) is 0 Å². The van der Waals surface area contributed by atoms with Crippen LogP contribution in [0.1, 0.15) is 35.1 Å². The number of hydrogen-bond acceptors (Lipinski definition) is 7. The first-order valence-electron chi connectivity index (χ1n) is 10.7. The number of hydrogen-bond donors (Lipinski definition) is 0. The second kappa shape index (κ2) is 9.79. The van der Waals surface area contributed by atoms with Crippen molar-refractivity contribution in [3.8, 4) is 0 Å². The molecule has 0 spiro atoms. The van der Waals surface area contributed by atoms with Crippen molar-refractivity contribution in [3.05, 3.63) is 95.7 Å². The molecule has 2 aliphatic rings. The van der Waals surface area contributed by atoms with Gasteiger partial charge in [-0.1, -0.05) is 27.9 Å². The fourth-order valence-electron chi connectivity index (χ4n) is 4.53. The number of azide groups is 2. The fourth-order valence-corrected chi connectivity index (χ4v) is 5.45. The number of benzene rings is 1. The standard InChI is InChI=1S/C21H15ClF3N11S/c22-14-5-12(23)1-2-13(14)17-16(11-7-30-36(8-11)20(24)25)15-6-21(32-34-27,9-29-33-26)10-35(15)18(31-17)19-28-3-4-37-19/h1-5,7-8,17,20H,6,9-10H2/t17-,21-/m0/s1. The van der Waals surface area contributed by atoms with E-state index >= 15 is 0 Å². The summed E-state index contributed by atoms with van der Waals surface area (Å²) < 4.78 is 41.3. The van der Waals surface area contributed by atoms with Gasteiger partial charge in [-0.15, -0.1) is 11.3 Å². The molecule has 0 bridgehead atoms. The van der Waals surface area contributed by atoms with Crippen LogP contribution in [0.4, 0.5) is 13.2 Å². The second-order valence-corrected chi connectivity index (χ2v) is 9.57. The lowest BCUT2D eigenvalue weighted by Crippen LogP contribution is -2.38. The van der Waals surface area contributed by atoms with E-state index in [1.807, 2.05) is 0 Å². The average molecular weight is 546 g/mol. The van der Waals surface area contributed by atoms with Gasteiger partial charge in [0.1, 0.15) is 11.9 Å². The van der Waals surface area contributed by atoms with Crippen molar-refractivity contribution in [1.29, 1.82) is 0 Å². The monoisotopic (exact) mass is 545 g/mol. The van der Waals surface area contributed by atoms with Crippen LogP contribution in [0.3, 0.4) is 0 Å². The molecule has 0 amide bonds. The number of aliphatic imine (C=N–C) groups is 1. The van der Waals surface area contributed by atoms with Crippen molar-refractivity contribution in [1.82, 2.24) is 19.7 Å². The first kappa shape index (κ1) is 24.7. The van der Waals surface area contributed by atoms with Crippen molar-refractivity contribution in [2.45, 2.75) is 24.6 Å². The van der Waals surface area contributed by atoms with E-state index in [0.29, 0.717) is 37.9 Å². The zero-order valence-corrected chi connectivity index (χ0v) is 20.2. The smallest absolute Gasteiger partial charge is 0.327 e. The molecule has 37 heavy (non-hydrogen) atoms. The molecule has 1 saturated heterocycles. The molecule has 2 aromatic heterocycles. The van der Waals surface area contributed by atoms with E-state index in [9.17, 15) is 18.7 Å². The highest BCUT2D eigenvalue weighted by atomic mass is 35.5. The number of thiazole rings is 1. The van der Waals surface area contributed by atoms with Gasteiger partial charge in [0.25, 0.3) is 0 Å². The number of rotatable bonds is 7. The lowest BCUT2D eigenvalue weighted by atomic mass is 9.89. The summed E-state index contributed by atoms with van der Waals surface area (Å²) in [6.45, 7) is -2.93. The van der Waals surface area contributed by atoms with Crippen LogP contribution in [0.25, 0.3) is 26.5 Å². The Morgan fingerprint density at radius 1 is 1.30 bits per heavy atom. The zero-order valence-electron chi connectivity index (χ0n) is 18.7. The molecule has 0 radical (unpaired) electrons. The normalized spacial score (nSPS) is 20.9. The Hall–Kier alpha value is -4.03. The van der Waals surface area contributed by atoms with Crippen molar-refractivity contribution in [3.63, 3.8) is 0 Å². The van der Waals surface area contributed by atoms with Crippen molar-refractivity contribution < 1.29 is 13.2 Å². The molecule has 4 heterocycles. The van der Waals surface area contributed by atoms with Crippen LogP contribution in [0, 0.1) is 5.82 Å². The lowest BCUT2D eigenvalue weighted by molar-refractivity contribution is 0.0566. The summed E-state index contributed by atoms with van der Waals surface area (Å²) in [7, 11) is 0. The average Bonchev–Trinajstić information content (AvgIpc) is 3.62. The first-order valence-corrected chi connectivity index (χ1v) is 11.9. The molecule has 5 rings (SSSR count). The van der Waals surface area contributed by atoms with E-state index in [1.165, 1.54) is 35.9 Å². The highest BCUT2D eigenvalue weighted by Gasteiger charge is 2.47. The summed E-state index contributed by atoms with van der Waals surface area (Å²) in [5, 5.41) is 13.8. The van der Waals surface area contributed by atoms with Gasteiger partial charge in [-0.05, 0) is 28.8 Å². The molecule has 0 unspecified atom stereocenters. The SMILES string of the molecule is [N-]=[N+]=NC[C@@]1(N=[N+]=[N-])CC2=C(c3cnn(C(F)F)c3)[C@H](c3ccc(F)cc3Cl)N=C(c3nccs3)N2C1. The minimum atomic E-state index is -2.88. The molecule has 0 N–H and O–H groups in total. The predicted octanol–water partition coefficient (Wildman–Crippen LogP) is 6.51. The maximum atomic E-state index is 13.9. The Morgan fingerprint density at radius 2 is 2.14 bits per heavy atom. The molecule has 188 valence electrons. The van der Waals surface area contributed by atoms with Crippen molar-refractivity contribution in [2.24, 2.45) is 15.2 Å². The third kappa shape index (κ3) is 4.49. The molecule has 1 aromatic carbocycles. The summed E-state index contributed by atoms with van der Waals surface area (Å²) in [4.78, 5) is 16.9. The molecule has 3 aromatic rings. The highest BCUT2D eigenvalue weighted by molar-refractivity contribution is 7.11. The van der Waals surface area contributed by atoms with Gasteiger partial charge in [0.15, 0.2) is 10.8 Å². The quantitative estimate of drug-likeness (QED) is 0.189. The number of alkyl halides is 2. The lowest BCUT2D eigenvalue weighted by Gasteiger charge is -2.32. The van der Waals surface area contributed by atoms with Gasteiger partial charge in [0, 0.05) is 69.0 Å². The van der Waals surface area contributed by atoms with Gasteiger partial charge in [0.05, 0.1) is 11.7 Å². The van der Waals surface area contributed by atoms with Crippen LogP contribution in [-0.4, -0.2) is 44.1 Å². The molecule has 1 fully saturated rings. The maximum Gasteiger partial charge on any atom is 0.333 e. The summed E-state index contributed by atoms with van der Waals surface area (Å²) in [5.41, 5.74) is 18.9. The molecular weight excluding hydrogens is 531 g/mol. The van der Waals surface area contributed by atoms with Crippen molar-refractivity contribution in [2.75, 3.05) is 13.1 Å². The second-order valence-electron chi connectivity index (χ2n) is 8.27. The van der Waals surface area contributed by atoms with Gasteiger partial charge in [-0.3, -0.25) is 4.99 Å². The van der Waals surface area contributed by atoms with Crippen LogP contribution in [-0.2, 0) is 0 Å². The number of nitrogens with zero attached hydrogens (tertiary/aromatic N) is 11. The zero-order chi connectivity index (χ0) is 26.2. The number of amidine groups is 1. The van der Waals surface area contributed by atoms with Gasteiger partial charge in [-0.2, -0.15) is 13.9 Å². The Morgan fingerprint density at radius 3 is 2.78 bits per heavy atom. The van der Waals surface area contributed by atoms with E-state index < -0.39 is 23.9 Å². The number of halogens is 4. The highest BCUT2D eigenvalue weighted by Crippen LogP contribution is 2.49. The van der Waals surface area contributed by atoms with Crippen LogP contribution < -0.4 is 0 Å². The largest absolute Gasteiger partial charge is 0.333 e. The molecular formula is C21H15ClF3N11S. The van der Waals surface area contributed by atoms with Crippen molar-refractivity contribution >= 4 is 34.3 Å². The first-order chi connectivity index (χ1) is 17.9. The molecule has 16 heteroatoms. The minimum absolute atomic E-state index is 0.0911. The van der Waals surface area contributed by atoms with E-state index in [0.717, 1.165) is 6.07 Å². The third-order valence-electron chi connectivity index (χ3n) is 6.04. The van der Waals surface area contributed by atoms with Crippen LogP contribution >= 0.6 is 22.9 Å².